The monoisotopic (exact) mass is 304 g/mol. The summed E-state index contributed by atoms with van der Waals surface area (Å²) < 4.78 is 12.9. The summed E-state index contributed by atoms with van der Waals surface area (Å²) in [6.45, 7) is 0.424. The van der Waals surface area contributed by atoms with Gasteiger partial charge in [0.05, 0.1) is 16.6 Å². The number of carbonyl (C=O) groups is 1. The van der Waals surface area contributed by atoms with Crippen molar-refractivity contribution in [2.75, 3.05) is 12.8 Å². The van der Waals surface area contributed by atoms with Gasteiger partial charge in [-0.2, -0.15) is 0 Å². The molecule has 6 nitrogen and oxygen atoms in total. The highest BCUT2D eigenvalue weighted by Gasteiger charge is 2.46. The first-order chi connectivity index (χ1) is 10.1. The van der Waals surface area contributed by atoms with Gasteiger partial charge in [-0.25, -0.2) is 4.68 Å². The van der Waals surface area contributed by atoms with E-state index in [0.717, 1.165) is 18.5 Å². The highest BCUT2D eigenvalue weighted by molar-refractivity contribution is 7.86. The van der Waals surface area contributed by atoms with Gasteiger partial charge in [0.1, 0.15) is 0 Å². The van der Waals surface area contributed by atoms with Crippen molar-refractivity contribution >= 4 is 16.7 Å². The number of hydrogen-bond acceptors (Lipinski definition) is 4. The first kappa shape index (κ1) is 13.9. The van der Waals surface area contributed by atoms with Crippen LogP contribution in [0.3, 0.4) is 0 Å². The van der Waals surface area contributed by atoms with Crippen LogP contribution in [0, 0.1) is 0 Å². The number of nitrogens with one attached hydrogen (secondary N) is 1. The quantitative estimate of drug-likeness (QED) is 0.890. The number of benzene rings is 1. The maximum Gasteiger partial charge on any atom is 0.273 e. The molecule has 0 unspecified atom stereocenters. The maximum absolute atomic E-state index is 12.1. The van der Waals surface area contributed by atoms with Gasteiger partial charge < -0.3 is 5.32 Å². The third-order valence-electron chi connectivity index (χ3n) is 3.74. The number of rotatable bonds is 5. The summed E-state index contributed by atoms with van der Waals surface area (Å²) in [6.07, 6.45) is 5.07. The number of nitrogens with zero attached hydrogens (tertiary/aromatic N) is 3. The number of amides is 1. The van der Waals surface area contributed by atoms with Gasteiger partial charge in [0.2, 0.25) is 0 Å². The van der Waals surface area contributed by atoms with Gasteiger partial charge >= 0.3 is 0 Å². The van der Waals surface area contributed by atoms with Gasteiger partial charge in [-0.05, 0) is 25.0 Å². The molecule has 7 heteroatoms. The highest BCUT2D eigenvalue weighted by Crippen LogP contribution is 2.40. The molecular formula is C14H16N4O2S. The Kier molecular flexibility index (Phi) is 3.59. The number of carbonyl (C=O) groups excluding carboxylic acids is 1. The van der Waals surface area contributed by atoms with Crippen LogP contribution in [0.2, 0.25) is 0 Å². The summed E-state index contributed by atoms with van der Waals surface area (Å²) >= 11 is 0. The molecule has 1 aliphatic carbocycles. The Balaban J connectivity index is 1.66. The summed E-state index contributed by atoms with van der Waals surface area (Å²) in [5, 5.41) is 10.6. The first-order valence-electron chi connectivity index (χ1n) is 6.70. The van der Waals surface area contributed by atoms with Crippen molar-refractivity contribution < 1.29 is 9.00 Å². The molecule has 1 saturated carbocycles. The van der Waals surface area contributed by atoms with Gasteiger partial charge in [-0.3, -0.25) is 9.00 Å². The SMILES string of the molecule is C[S@](=O)C1(CNC(=O)c2cn(-c3ccccc3)nn2)CC1. The molecule has 0 bridgehead atoms. The van der Waals surface area contributed by atoms with Gasteiger partial charge in [0.25, 0.3) is 5.91 Å². The van der Waals surface area contributed by atoms with E-state index in [0.29, 0.717) is 6.54 Å². The maximum atomic E-state index is 12.1. The summed E-state index contributed by atoms with van der Waals surface area (Å²) in [4.78, 5) is 12.1. The smallest absolute Gasteiger partial charge is 0.273 e. The Bertz CT molecular complexity index is 679. The predicted octanol–water partition coefficient (Wildman–Crippen LogP) is 0.908. The van der Waals surface area contributed by atoms with E-state index < -0.39 is 10.8 Å². The molecule has 1 aromatic carbocycles. The van der Waals surface area contributed by atoms with Crippen molar-refractivity contribution in [2.24, 2.45) is 0 Å². The molecule has 1 aliphatic rings. The van der Waals surface area contributed by atoms with E-state index in [1.807, 2.05) is 30.3 Å². The third kappa shape index (κ3) is 2.87. The second-order valence-corrected chi connectivity index (χ2v) is 6.98. The van der Waals surface area contributed by atoms with E-state index in [-0.39, 0.29) is 16.3 Å². The van der Waals surface area contributed by atoms with Crippen molar-refractivity contribution in [1.82, 2.24) is 20.3 Å². The number of hydrogen-bond donors (Lipinski definition) is 1. The van der Waals surface area contributed by atoms with Crippen LogP contribution in [0.5, 0.6) is 0 Å². The molecule has 3 rings (SSSR count). The first-order valence-corrected chi connectivity index (χ1v) is 8.26. The Labute approximate surface area is 125 Å². The predicted molar refractivity (Wildman–Crippen MR) is 79.7 cm³/mol. The lowest BCUT2D eigenvalue weighted by molar-refractivity contribution is 0.0948. The standard InChI is InChI=1S/C14H16N4O2S/c1-21(20)14(7-8-14)10-15-13(19)12-9-18(17-16-12)11-5-3-2-4-6-11/h2-6,9H,7-8,10H2,1H3,(H,15,19)/t21-/m0/s1. The van der Waals surface area contributed by atoms with E-state index in [1.54, 1.807) is 17.1 Å². The molecule has 0 spiro atoms. The average molecular weight is 304 g/mol. The molecule has 2 aromatic rings. The van der Waals surface area contributed by atoms with Crippen molar-refractivity contribution in [3.8, 4) is 5.69 Å². The van der Waals surface area contributed by atoms with E-state index in [2.05, 4.69) is 15.6 Å². The van der Waals surface area contributed by atoms with Crippen LogP contribution in [0.4, 0.5) is 0 Å². The van der Waals surface area contributed by atoms with Crippen LogP contribution < -0.4 is 5.32 Å². The van der Waals surface area contributed by atoms with Crippen molar-refractivity contribution in [2.45, 2.75) is 17.6 Å². The fraction of sp³-hybridized carbons (Fsp3) is 0.357. The van der Waals surface area contributed by atoms with Gasteiger partial charge in [-0.1, -0.05) is 23.4 Å². The molecule has 0 aliphatic heterocycles. The molecule has 1 atom stereocenters. The number of aromatic nitrogens is 3. The Morgan fingerprint density at radius 1 is 1.38 bits per heavy atom. The van der Waals surface area contributed by atoms with E-state index in [4.69, 9.17) is 0 Å². The normalized spacial score (nSPS) is 17.2. The van der Waals surface area contributed by atoms with E-state index in [1.165, 1.54) is 0 Å². The van der Waals surface area contributed by atoms with Crippen molar-refractivity contribution in [1.29, 1.82) is 0 Å². The lowest BCUT2D eigenvalue weighted by Crippen LogP contribution is -2.35. The lowest BCUT2D eigenvalue weighted by Gasteiger charge is -2.11. The van der Waals surface area contributed by atoms with Crippen LogP contribution in [-0.2, 0) is 10.8 Å². The van der Waals surface area contributed by atoms with Crippen LogP contribution in [-0.4, -0.2) is 42.7 Å². The highest BCUT2D eigenvalue weighted by atomic mass is 32.2. The minimum atomic E-state index is -0.918. The summed E-state index contributed by atoms with van der Waals surface area (Å²) in [7, 11) is -0.918. The molecule has 1 amide bonds. The summed E-state index contributed by atoms with van der Waals surface area (Å²) in [6, 6.07) is 9.47. The van der Waals surface area contributed by atoms with Gasteiger partial charge in [0, 0.05) is 23.6 Å². The van der Waals surface area contributed by atoms with Gasteiger partial charge in [-0.15, -0.1) is 5.10 Å². The molecule has 1 N–H and O–H groups in total. The van der Waals surface area contributed by atoms with Crippen LogP contribution in [0.1, 0.15) is 23.3 Å². The lowest BCUT2D eigenvalue weighted by atomic mass is 10.3. The average Bonchev–Trinajstić information content (AvgIpc) is 3.14. The zero-order chi connectivity index (χ0) is 14.9. The van der Waals surface area contributed by atoms with Gasteiger partial charge in [0.15, 0.2) is 5.69 Å². The molecule has 0 saturated heterocycles. The Morgan fingerprint density at radius 2 is 2.10 bits per heavy atom. The largest absolute Gasteiger partial charge is 0.349 e. The van der Waals surface area contributed by atoms with E-state index in [9.17, 15) is 9.00 Å². The molecular weight excluding hydrogens is 288 g/mol. The van der Waals surface area contributed by atoms with Crippen molar-refractivity contribution in [3.05, 3.63) is 42.2 Å². The van der Waals surface area contributed by atoms with Crippen LogP contribution in [0.15, 0.2) is 36.5 Å². The zero-order valence-electron chi connectivity index (χ0n) is 11.7. The molecule has 0 radical (unpaired) electrons. The minimum absolute atomic E-state index is 0.231. The fourth-order valence-electron chi connectivity index (χ4n) is 2.11. The van der Waals surface area contributed by atoms with E-state index >= 15 is 0 Å². The van der Waals surface area contributed by atoms with Crippen LogP contribution >= 0.6 is 0 Å². The second-order valence-electron chi connectivity index (χ2n) is 5.20. The summed E-state index contributed by atoms with van der Waals surface area (Å²) in [5.74, 6) is -0.283. The number of para-hydroxylation sites is 1. The third-order valence-corrected chi connectivity index (χ3v) is 5.51. The molecule has 1 heterocycles. The fourth-order valence-corrected chi connectivity index (χ4v) is 3.06. The zero-order valence-corrected chi connectivity index (χ0v) is 12.5. The second kappa shape index (κ2) is 5.40. The molecule has 110 valence electrons. The topological polar surface area (TPSA) is 76.9 Å². The van der Waals surface area contributed by atoms with Crippen LogP contribution in [0.25, 0.3) is 5.69 Å². The Hall–Kier alpha value is -2.02. The Morgan fingerprint density at radius 3 is 2.71 bits per heavy atom. The molecule has 21 heavy (non-hydrogen) atoms. The summed E-state index contributed by atoms with van der Waals surface area (Å²) in [5.41, 5.74) is 1.11. The van der Waals surface area contributed by atoms with Crippen molar-refractivity contribution in [3.63, 3.8) is 0 Å². The molecule has 1 fully saturated rings. The molecule has 1 aromatic heterocycles. The minimum Gasteiger partial charge on any atom is -0.349 e.